The Morgan fingerprint density at radius 3 is 2.39 bits per heavy atom. The Kier molecular flexibility index (Phi) is 8.94. The number of para-hydroxylation sites is 2. The topological polar surface area (TPSA) is 110 Å². The molecule has 0 spiro atoms. The van der Waals surface area contributed by atoms with Gasteiger partial charge in [0, 0.05) is 46.2 Å². The highest BCUT2D eigenvalue weighted by Gasteiger charge is 2.28. The summed E-state index contributed by atoms with van der Waals surface area (Å²) < 4.78 is 7.50. The van der Waals surface area contributed by atoms with Crippen LogP contribution >= 0.6 is 11.6 Å². The molecule has 2 aromatic heterocycles. The number of amides is 2. The lowest BCUT2D eigenvalue weighted by atomic mass is 9.85. The summed E-state index contributed by atoms with van der Waals surface area (Å²) in [6.45, 7) is 5.52. The minimum atomic E-state index is -0.545. The fraction of sp³-hybridized carbons (Fsp3) is 0.278. The fourth-order valence-corrected chi connectivity index (χ4v) is 6.00. The van der Waals surface area contributed by atoms with Gasteiger partial charge in [0.15, 0.2) is 0 Å². The highest BCUT2D eigenvalue weighted by molar-refractivity contribution is 6.33. The van der Waals surface area contributed by atoms with E-state index in [1.165, 1.54) is 0 Å². The highest BCUT2D eigenvalue weighted by atomic mass is 35.5. The zero-order chi connectivity index (χ0) is 32.3. The lowest BCUT2D eigenvalue weighted by Gasteiger charge is -2.29. The summed E-state index contributed by atoms with van der Waals surface area (Å²) in [5.41, 5.74) is 4.45. The molecule has 236 valence electrons. The van der Waals surface area contributed by atoms with Crippen LogP contribution in [0.25, 0.3) is 27.8 Å². The Bertz CT molecular complexity index is 1860. The molecule has 0 saturated heterocycles. The number of aromatic nitrogens is 3. The number of hydrogen-bond acceptors (Lipinski definition) is 6. The molecule has 1 fully saturated rings. The van der Waals surface area contributed by atoms with Gasteiger partial charge in [0.1, 0.15) is 5.60 Å². The summed E-state index contributed by atoms with van der Waals surface area (Å²) in [5.74, 6) is 0.219. The van der Waals surface area contributed by atoms with E-state index in [0.717, 1.165) is 40.7 Å². The molecule has 0 unspecified atom stereocenters. The van der Waals surface area contributed by atoms with Gasteiger partial charge in [-0.25, -0.2) is 14.8 Å². The van der Waals surface area contributed by atoms with Crippen molar-refractivity contribution in [1.82, 2.24) is 19.9 Å². The number of alkyl carbamates (subject to hydrolysis) is 1. The molecule has 1 saturated carbocycles. The summed E-state index contributed by atoms with van der Waals surface area (Å²) in [6, 6.07) is 25.8. The predicted molar refractivity (Wildman–Crippen MR) is 183 cm³/mol. The zero-order valence-corrected chi connectivity index (χ0v) is 26.8. The summed E-state index contributed by atoms with van der Waals surface area (Å²) in [4.78, 5) is 34.5. The molecule has 0 aliphatic heterocycles. The van der Waals surface area contributed by atoms with Crippen LogP contribution in [0.3, 0.4) is 0 Å². The van der Waals surface area contributed by atoms with E-state index in [9.17, 15) is 9.59 Å². The van der Waals surface area contributed by atoms with Crippen molar-refractivity contribution in [3.05, 3.63) is 96.3 Å². The molecule has 6 rings (SSSR count). The van der Waals surface area contributed by atoms with E-state index < -0.39 is 11.7 Å². The zero-order valence-electron chi connectivity index (χ0n) is 26.1. The molecule has 0 radical (unpaired) electrons. The van der Waals surface area contributed by atoms with Gasteiger partial charge in [-0.15, -0.1) is 0 Å². The average molecular weight is 637 g/mol. The SMILES string of the molecule is CC(C)(C)OC(=O)N[C@H]1CC[C@H](C(=O)Nc2cccc(Nc3ncc(Cl)c(-c4cn(-c5ccccc5)c5ccccc45)n3)c2)CC1. The maximum atomic E-state index is 13.1. The number of nitrogens with zero attached hydrogens (tertiary/aromatic N) is 3. The van der Waals surface area contributed by atoms with Crippen molar-refractivity contribution in [1.29, 1.82) is 0 Å². The molecule has 0 bridgehead atoms. The first-order valence-electron chi connectivity index (χ1n) is 15.5. The van der Waals surface area contributed by atoms with E-state index in [1.807, 2.05) is 75.4 Å². The Labute approximate surface area is 273 Å². The first-order valence-corrected chi connectivity index (χ1v) is 15.9. The lowest BCUT2D eigenvalue weighted by molar-refractivity contribution is -0.120. The number of carbonyl (C=O) groups excluding carboxylic acids is 2. The van der Waals surface area contributed by atoms with Gasteiger partial charge in [0.2, 0.25) is 11.9 Å². The van der Waals surface area contributed by atoms with E-state index in [4.69, 9.17) is 21.3 Å². The minimum absolute atomic E-state index is 0.00517. The molecule has 2 amide bonds. The van der Waals surface area contributed by atoms with E-state index in [1.54, 1.807) is 6.20 Å². The molecule has 10 heteroatoms. The molecular formula is C36H37ClN6O3. The van der Waals surface area contributed by atoms with Gasteiger partial charge in [-0.1, -0.05) is 54.1 Å². The summed E-state index contributed by atoms with van der Waals surface area (Å²) in [7, 11) is 0. The van der Waals surface area contributed by atoms with Crippen LogP contribution in [0.5, 0.6) is 0 Å². The van der Waals surface area contributed by atoms with Gasteiger partial charge in [0.25, 0.3) is 0 Å². The fourth-order valence-electron chi connectivity index (χ4n) is 5.81. The quantitative estimate of drug-likeness (QED) is 0.165. The van der Waals surface area contributed by atoms with E-state index in [2.05, 4.69) is 56.0 Å². The van der Waals surface area contributed by atoms with Crippen molar-refractivity contribution in [2.24, 2.45) is 5.92 Å². The van der Waals surface area contributed by atoms with Crippen LogP contribution < -0.4 is 16.0 Å². The van der Waals surface area contributed by atoms with Crippen LogP contribution in [0.1, 0.15) is 46.5 Å². The maximum Gasteiger partial charge on any atom is 0.407 e. The van der Waals surface area contributed by atoms with E-state index in [0.29, 0.717) is 35.2 Å². The van der Waals surface area contributed by atoms with Crippen molar-refractivity contribution in [2.45, 2.75) is 58.1 Å². The van der Waals surface area contributed by atoms with Crippen LogP contribution in [-0.2, 0) is 9.53 Å². The monoisotopic (exact) mass is 636 g/mol. The Hall–Kier alpha value is -4.89. The molecule has 1 aliphatic carbocycles. The van der Waals surface area contributed by atoms with Crippen molar-refractivity contribution < 1.29 is 14.3 Å². The Balaban J connectivity index is 1.13. The van der Waals surface area contributed by atoms with Crippen LogP contribution in [0.2, 0.25) is 5.02 Å². The number of fused-ring (bicyclic) bond motifs is 1. The molecule has 2 heterocycles. The normalized spacial score (nSPS) is 16.5. The van der Waals surface area contributed by atoms with Gasteiger partial charge in [-0.3, -0.25) is 4.79 Å². The molecule has 1 aliphatic rings. The molecular weight excluding hydrogens is 600 g/mol. The standard InChI is InChI=1S/C36H37ClN6O3/c1-36(2,3)46-35(45)41-24-18-16-23(17-19-24)33(44)39-25-10-9-11-26(20-25)40-34-38-21-30(37)32(42-34)29-22-43(27-12-5-4-6-13-27)31-15-8-7-14-28(29)31/h4-15,20-24H,16-19H2,1-3H3,(H,39,44)(H,41,45)(H,38,40,42)/t23-,24-. The number of benzene rings is 3. The second kappa shape index (κ2) is 13.2. The number of ether oxygens (including phenoxy) is 1. The number of nitrogens with one attached hydrogen (secondary N) is 3. The number of anilines is 3. The highest BCUT2D eigenvalue weighted by Crippen LogP contribution is 2.36. The van der Waals surface area contributed by atoms with Gasteiger partial charge >= 0.3 is 6.09 Å². The molecule has 0 atom stereocenters. The predicted octanol–water partition coefficient (Wildman–Crippen LogP) is 8.51. The number of halogens is 1. The second-order valence-electron chi connectivity index (χ2n) is 12.5. The smallest absolute Gasteiger partial charge is 0.407 e. The molecule has 9 nitrogen and oxygen atoms in total. The molecule has 46 heavy (non-hydrogen) atoms. The molecule has 5 aromatic rings. The Morgan fingerprint density at radius 1 is 0.913 bits per heavy atom. The van der Waals surface area contributed by atoms with Crippen LogP contribution in [-0.4, -0.2) is 38.2 Å². The number of hydrogen-bond donors (Lipinski definition) is 3. The number of rotatable bonds is 7. The van der Waals surface area contributed by atoms with Crippen molar-refractivity contribution >= 4 is 51.8 Å². The van der Waals surface area contributed by atoms with Gasteiger partial charge in [0.05, 0.1) is 22.4 Å². The number of carbonyl (C=O) groups is 2. The average Bonchev–Trinajstić information content (AvgIpc) is 3.41. The molecule has 3 N–H and O–H groups in total. The summed E-state index contributed by atoms with van der Waals surface area (Å²) >= 11 is 6.67. The second-order valence-corrected chi connectivity index (χ2v) is 13.0. The van der Waals surface area contributed by atoms with Gasteiger partial charge < -0.3 is 25.3 Å². The van der Waals surface area contributed by atoms with Crippen molar-refractivity contribution in [3.63, 3.8) is 0 Å². The minimum Gasteiger partial charge on any atom is -0.444 e. The van der Waals surface area contributed by atoms with Crippen LogP contribution in [0.15, 0.2) is 91.3 Å². The first-order chi connectivity index (χ1) is 22.1. The van der Waals surface area contributed by atoms with Crippen molar-refractivity contribution in [3.8, 4) is 16.9 Å². The first kappa shape index (κ1) is 31.1. The van der Waals surface area contributed by atoms with E-state index in [-0.39, 0.29) is 17.9 Å². The third-order valence-electron chi connectivity index (χ3n) is 7.95. The Morgan fingerprint density at radius 2 is 1.63 bits per heavy atom. The van der Waals surface area contributed by atoms with Gasteiger partial charge in [-0.2, -0.15) is 0 Å². The third-order valence-corrected chi connectivity index (χ3v) is 8.23. The van der Waals surface area contributed by atoms with Crippen molar-refractivity contribution in [2.75, 3.05) is 10.6 Å². The van der Waals surface area contributed by atoms with Crippen LogP contribution in [0, 0.1) is 5.92 Å². The van der Waals surface area contributed by atoms with E-state index >= 15 is 0 Å². The molecule has 3 aromatic carbocycles. The summed E-state index contributed by atoms with van der Waals surface area (Å²) in [6.07, 6.45) is 6.05. The summed E-state index contributed by atoms with van der Waals surface area (Å²) in [5, 5.41) is 10.7. The maximum absolute atomic E-state index is 13.1. The third kappa shape index (κ3) is 7.32. The lowest BCUT2D eigenvalue weighted by Crippen LogP contribution is -2.42. The van der Waals surface area contributed by atoms with Crippen LogP contribution in [0.4, 0.5) is 22.1 Å². The van der Waals surface area contributed by atoms with Gasteiger partial charge in [-0.05, 0) is 82.9 Å². The largest absolute Gasteiger partial charge is 0.444 e.